The fourth-order valence-electron chi connectivity index (χ4n) is 3.87. The van der Waals surface area contributed by atoms with Gasteiger partial charge >= 0.3 is 5.97 Å². The van der Waals surface area contributed by atoms with Crippen LogP contribution in [0.1, 0.15) is 59.7 Å². The van der Waals surface area contributed by atoms with Gasteiger partial charge in [-0.3, -0.25) is 4.79 Å². The van der Waals surface area contributed by atoms with Gasteiger partial charge in [0, 0.05) is 22.2 Å². The summed E-state index contributed by atoms with van der Waals surface area (Å²) >= 11 is 0. The molecule has 0 saturated heterocycles. The van der Waals surface area contributed by atoms with Gasteiger partial charge in [0.25, 0.3) is 0 Å². The highest BCUT2D eigenvalue weighted by Crippen LogP contribution is 2.32. The minimum Gasteiger partial charge on any atom is -0.462 e. The Balaban J connectivity index is 1.96. The van der Waals surface area contributed by atoms with E-state index in [2.05, 4.69) is 32.6 Å². The Labute approximate surface area is 212 Å². The van der Waals surface area contributed by atoms with Crippen LogP contribution in [0.3, 0.4) is 0 Å². The van der Waals surface area contributed by atoms with Crippen LogP contribution in [0.5, 0.6) is 0 Å². The molecule has 0 fully saturated rings. The predicted molar refractivity (Wildman–Crippen MR) is 143 cm³/mol. The van der Waals surface area contributed by atoms with Crippen molar-refractivity contribution in [1.82, 2.24) is 4.57 Å². The number of hydrogen-bond donors (Lipinski definition) is 0. The van der Waals surface area contributed by atoms with Crippen LogP contribution < -0.4 is 0 Å². The van der Waals surface area contributed by atoms with Gasteiger partial charge in [0.05, 0.1) is 17.9 Å². The number of ether oxygens (including phenoxy) is 1. The lowest BCUT2D eigenvalue weighted by Gasteiger charge is -2.15. The third kappa shape index (κ3) is 5.47. The van der Waals surface area contributed by atoms with Crippen molar-refractivity contribution in [2.75, 3.05) is 6.61 Å². The zero-order chi connectivity index (χ0) is 25.7. The molecule has 0 bridgehead atoms. The molecule has 4 nitrogen and oxygen atoms in total. The van der Waals surface area contributed by atoms with Crippen LogP contribution >= 0.6 is 0 Å². The van der Waals surface area contributed by atoms with Crippen LogP contribution in [-0.4, -0.2) is 22.9 Å². The van der Waals surface area contributed by atoms with Crippen LogP contribution in [-0.2, 0) is 4.74 Å². The number of hydrogen-bond acceptors (Lipinski definition) is 3. The molecule has 0 atom stereocenters. The molecule has 0 saturated carbocycles. The van der Waals surface area contributed by atoms with Gasteiger partial charge in [-0.15, -0.1) is 0 Å². The van der Waals surface area contributed by atoms with Crippen LogP contribution in [0.2, 0.25) is 0 Å². The highest BCUT2D eigenvalue weighted by Gasteiger charge is 2.28. The summed E-state index contributed by atoms with van der Waals surface area (Å²) in [7, 11) is 0. The maximum atomic E-state index is 13.8. The summed E-state index contributed by atoms with van der Waals surface area (Å²) in [5.74, 6) is 5.68. The van der Waals surface area contributed by atoms with E-state index in [1.807, 2.05) is 77.4 Å². The fourth-order valence-corrected chi connectivity index (χ4v) is 3.87. The Kier molecular flexibility index (Phi) is 7.22. The van der Waals surface area contributed by atoms with Gasteiger partial charge < -0.3 is 9.30 Å². The van der Waals surface area contributed by atoms with Crippen molar-refractivity contribution in [3.8, 4) is 28.8 Å². The number of esters is 1. The van der Waals surface area contributed by atoms with Crippen LogP contribution in [0.25, 0.3) is 16.9 Å². The molecule has 36 heavy (non-hydrogen) atoms. The van der Waals surface area contributed by atoms with Crippen LogP contribution in [0, 0.1) is 17.3 Å². The topological polar surface area (TPSA) is 48.3 Å². The normalized spacial score (nSPS) is 10.9. The van der Waals surface area contributed by atoms with Crippen molar-refractivity contribution >= 4 is 11.8 Å². The van der Waals surface area contributed by atoms with Gasteiger partial charge in [0.1, 0.15) is 5.69 Å². The minimum absolute atomic E-state index is 0.108. The largest absolute Gasteiger partial charge is 0.462 e. The van der Waals surface area contributed by atoms with E-state index < -0.39 is 5.97 Å². The van der Waals surface area contributed by atoms with E-state index >= 15 is 0 Å². The summed E-state index contributed by atoms with van der Waals surface area (Å²) in [6, 6.07) is 28.2. The van der Waals surface area contributed by atoms with E-state index in [4.69, 9.17) is 4.74 Å². The average molecular weight is 476 g/mol. The summed E-state index contributed by atoms with van der Waals surface area (Å²) in [4.78, 5) is 26.9. The van der Waals surface area contributed by atoms with Gasteiger partial charge in [-0.1, -0.05) is 72.5 Å². The molecule has 0 unspecified atom stereocenters. The number of ketones is 1. The summed E-state index contributed by atoms with van der Waals surface area (Å²) in [6.45, 7) is 8.17. The standard InChI is InChI=1S/C32H29NO3/c1-5-36-31(35)27-22-28(24-12-8-6-9-13-24)33(29(27)30(34)25-14-10-7-11-15-25)26-18-16-23(17-19-26)20-21-32(2,3)4/h6-19,22H,5H2,1-4H3. The molecular formula is C32H29NO3. The van der Waals surface area contributed by atoms with Crippen molar-refractivity contribution < 1.29 is 14.3 Å². The van der Waals surface area contributed by atoms with E-state index in [1.54, 1.807) is 25.1 Å². The van der Waals surface area contributed by atoms with Gasteiger partial charge in [0.2, 0.25) is 5.78 Å². The summed E-state index contributed by atoms with van der Waals surface area (Å²) < 4.78 is 7.20. The van der Waals surface area contributed by atoms with Gasteiger partial charge in [0.15, 0.2) is 0 Å². The van der Waals surface area contributed by atoms with Crippen LogP contribution in [0.4, 0.5) is 0 Å². The molecule has 3 aromatic carbocycles. The Morgan fingerprint density at radius 3 is 2.06 bits per heavy atom. The first-order valence-corrected chi connectivity index (χ1v) is 12.0. The Bertz CT molecular complexity index is 1430. The fraction of sp³-hybridized carbons (Fsp3) is 0.188. The van der Waals surface area contributed by atoms with Crippen molar-refractivity contribution in [3.63, 3.8) is 0 Å². The molecule has 0 spiro atoms. The number of aromatic nitrogens is 1. The first-order valence-electron chi connectivity index (χ1n) is 12.0. The zero-order valence-electron chi connectivity index (χ0n) is 21.0. The molecule has 0 aliphatic carbocycles. The summed E-state index contributed by atoms with van der Waals surface area (Å²) in [5.41, 5.74) is 4.14. The highest BCUT2D eigenvalue weighted by molar-refractivity contribution is 6.15. The lowest BCUT2D eigenvalue weighted by atomic mass is 9.97. The summed E-state index contributed by atoms with van der Waals surface area (Å²) in [5, 5.41) is 0. The van der Waals surface area contributed by atoms with Gasteiger partial charge in [-0.25, -0.2) is 4.79 Å². The maximum Gasteiger partial charge on any atom is 0.340 e. The number of nitrogens with zero attached hydrogens (tertiary/aromatic N) is 1. The Hall–Kier alpha value is -4.36. The Morgan fingerprint density at radius 2 is 1.47 bits per heavy atom. The van der Waals surface area contributed by atoms with E-state index in [1.165, 1.54) is 0 Å². The van der Waals surface area contributed by atoms with E-state index in [0.717, 1.165) is 22.5 Å². The van der Waals surface area contributed by atoms with Crippen molar-refractivity contribution in [2.24, 2.45) is 5.41 Å². The number of rotatable bonds is 6. The second kappa shape index (κ2) is 10.5. The first kappa shape index (κ1) is 24.8. The smallest absolute Gasteiger partial charge is 0.340 e. The minimum atomic E-state index is -0.527. The Morgan fingerprint density at radius 1 is 0.861 bits per heavy atom. The van der Waals surface area contributed by atoms with E-state index in [0.29, 0.717) is 5.56 Å². The maximum absolute atomic E-state index is 13.8. The zero-order valence-corrected chi connectivity index (χ0v) is 21.0. The molecule has 0 radical (unpaired) electrons. The molecule has 4 heteroatoms. The van der Waals surface area contributed by atoms with E-state index in [-0.39, 0.29) is 29.1 Å². The summed E-state index contributed by atoms with van der Waals surface area (Å²) in [6.07, 6.45) is 0. The average Bonchev–Trinajstić information content (AvgIpc) is 3.29. The van der Waals surface area contributed by atoms with Crippen molar-refractivity contribution in [2.45, 2.75) is 27.7 Å². The number of carbonyl (C=O) groups is 2. The molecule has 0 aliphatic heterocycles. The van der Waals surface area contributed by atoms with Gasteiger partial charge in [-0.2, -0.15) is 0 Å². The third-order valence-corrected chi connectivity index (χ3v) is 5.52. The molecule has 1 heterocycles. The van der Waals surface area contributed by atoms with Crippen molar-refractivity contribution in [1.29, 1.82) is 0 Å². The SMILES string of the molecule is CCOC(=O)c1cc(-c2ccccc2)n(-c2ccc(C#CC(C)(C)C)cc2)c1C(=O)c1ccccc1. The molecule has 0 aliphatic rings. The molecule has 1 aromatic heterocycles. The lowest BCUT2D eigenvalue weighted by Crippen LogP contribution is -2.15. The highest BCUT2D eigenvalue weighted by atomic mass is 16.5. The number of benzene rings is 3. The molecule has 4 aromatic rings. The number of carbonyl (C=O) groups excluding carboxylic acids is 2. The predicted octanol–water partition coefficient (Wildman–Crippen LogP) is 6.95. The first-order chi connectivity index (χ1) is 17.3. The van der Waals surface area contributed by atoms with Crippen molar-refractivity contribution in [3.05, 3.63) is 113 Å². The second-order valence-electron chi connectivity index (χ2n) is 9.46. The molecule has 0 amide bonds. The quantitative estimate of drug-likeness (QED) is 0.172. The van der Waals surface area contributed by atoms with Gasteiger partial charge in [-0.05, 0) is 63.6 Å². The van der Waals surface area contributed by atoms with E-state index in [9.17, 15) is 9.59 Å². The monoisotopic (exact) mass is 475 g/mol. The second-order valence-corrected chi connectivity index (χ2v) is 9.46. The third-order valence-electron chi connectivity index (χ3n) is 5.52. The molecule has 4 rings (SSSR count). The molecular weight excluding hydrogens is 446 g/mol. The lowest BCUT2D eigenvalue weighted by molar-refractivity contribution is 0.0523. The van der Waals surface area contributed by atoms with Crippen LogP contribution in [0.15, 0.2) is 91.0 Å². The molecule has 0 N–H and O–H groups in total. The molecule has 180 valence electrons.